The van der Waals surface area contributed by atoms with E-state index in [4.69, 9.17) is 14.4 Å². The van der Waals surface area contributed by atoms with E-state index < -0.39 is 5.76 Å². The molecule has 5 aromatic rings. The average molecular weight is 578 g/mol. The van der Waals surface area contributed by atoms with E-state index in [0.717, 1.165) is 70.8 Å². The molecule has 0 bridgehead atoms. The predicted molar refractivity (Wildman–Crippen MR) is 153 cm³/mol. The van der Waals surface area contributed by atoms with Crippen molar-refractivity contribution in [1.29, 1.82) is 0 Å². The molecule has 3 aromatic carbocycles. The van der Waals surface area contributed by atoms with Gasteiger partial charge in [0.1, 0.15) is 17.2 Å². The summed E-state index contributed by atoms with van der Waals surface area (Å²) in [6.45, 7) is 6.68. The second kappa shape index (κ2) is 12.1. The van der Waals surface area contributed by atoms with Crippen LogP contribution in [-0.2, 0) is 19.4 Å². The van der Waals surface area contributed by atoms with E-state index in [9.17, 15) is 9.59 Å². The van der Waals surface area contributed by atoms with E-state index in [-0.39, 0.29) is 64.1 Å². The molecule has 0 unspecified atom stereocenters. The van der Waals surface area contributed by atoms with Crippen LogP contribution in [0.1, 0.15) is 52.0 Å². The maximum Gasteiger partial charge on any atom is 1.00 e. The van der Waals surface area contributed by atoms with Gasteiger partial charge in [-0.15, -0.1) is 5.10 Å². The zero-order valence-electron chi connectivity index (χ0n) is 24.8. The van der Waals surface area contributed by atoms with E-state index >= 15 is 0 Å². The molecule has 0 saturated carbocycles. The number of H-pyrrole nitrogens is 1. The molecule has 0 aliphatic carbocycles. The van der Waals surface area contributed by atoms with E-state index in [1.165, 1.54) is 4.68 Å². The van der Waals surface area contributed by atoms with Gasteiger partial charge in [0.25, 0.3) is 0 Å². The van der Waals surface area contributed by atoms with Crippen molar-refractivity contribution in [3.05, 3.63) is 105 Å². The molecule has 1 aliphatic heterocycles. The van der Waals surface area contributed by atoms with Gasteiger partial charge < -0.3 is 6.16 Å². The zero-order valence-corrected chi connectivity index (χ0v) is 26.9. The Kier molecular flexibility index (Phi) is 8.67. The minimum absolute atomic E-state index is 0. The van der Waals surface area contributed by atoms with Crippen LogP contribution in [0.4, 0.5) is 0 Å². The summed E-state index contributed by atoms with van der Waals surface area (Å²) in [6, 6.07) is 21.6. The molecule has 0 fully saturated rings. The molecule has 0 atom stereocenters. The summed E-state index contributed by atoms with van der Waals surface area (Å²) < 4.78 is 14.0. The SMILES string of the molecule is CCCCc1nn(-c2ccc3c(c2)CC(C)(C)O3)c(=O)n1Cc1ccc(-c2ccccc2-c2noc(=O)[nH]2)cc1.[H-].[K+]. The minimum Gasteiger partial charge on any atom is -1.00 e. The van der Waals surface area contributed by atoms with Gasteiger partial charge >= 0.3 is 62.8 Å². The van der Waals surface area contributed by atoms with Gasteiger partial charge in [0, 0.05) is 24.0 Å². The Labute approximate surface area is 281 Å². The Morgan fingerprint density at radius 2 is 1.78 bits per heavy atom. The summed E-state index contributed by atoms with van der Waals surface area (Å²) in [5.74, 6) is 1.42. The van der Waals surface area contributed by atoms with Crippen LogP contribution in [0.3, 0.4) is 0 Å². The molecule has 10 heteroatoms. The largest absolute Gasteiger partial charge is 1.00 e. The average Bonchev–Trinajstić information content (AvgIpc) is 3.61. The van der Waals surface area contributed by atoms with Crippen LogP contribution in [0.15, 0.2) is 80.8 Å². The van der Waals surface area contributed by atoms with Gasteiger partial charge in [0.2, 0.25) is 0 Å². The molecular weight excluding hydrogens is 545 g/mol. The fourth-order valence-electron chi connectivity index (χ4n) is 5.27. The number of benzene rings is 3. The van der Waals surface area contributed by atoms with Crippen LogP contribution in [0, 0.1) is 0 Å². The molecule has 2 aromatic heterocycles. The van der Waals surface area contributed by atoms with Crippen LogP contribution >= 0.6 is 0 Å². The standard InChI is InChI=1S/C31H31N5O4.K.H/c1-4-5-10-27-33-36(23-15-16-26-22(17-23)18-31(2,3)39-26)30(38)35(27)19-20-11-13-21(14-12-20)24-8-6-7-9-25(24)28-32-29(37)40-34-28;;/h6-9,11-17H,4-5,10,18-19H2,1-3H3,(H,32,34,37);;/q;+1;-1. The second-order valence-electron chi connectivity index (χ2n) is 10.8. The first-order valence-corrected chi connectivity index (χ1v) is 13.6. The third-order valence-electron chi connectivity index (χ3n) is 7.21. The quantitative estimate of drug-likeness (QED) is 0.284. The number of aromatic amines is 1. The number of hydrogen-bond donors (Lipinski definition) is 1. The molecule has 6 rings (SSSR count). The summed E-state index contributed by atoms with van der Waals surface area (Å²) in [5.41, 5.74) is 5.05. The monoisotopic (exact) mass is 577 g/mol. The van der Waals surface area contributed by atoms with Crippen molar-refractivity contribution in [3.8, 4) is 34.0 Å². The summed E-state index contributed by atoms with van der Waals surface area (Å²) >= 11 is 0. The normalized spacial score (nSPS) is 13.4. The molecule has 0 spiro atoms. The van der Waals surface area contributed by atoms with Crippen molar-refractivity contribution in [2.45, 2.75) is 58.6 Å². The summed E-state index contributed by atoms with van der Waals surface area (Å²) in [4.78, 5) is 27.8. The van der Waals surface area contributed by atoms with Gasteiger partial charge in [-0.2, -0.15) is 4.68 Å². The fourth-order valence-corrected chi connectivity index (χ4v) is 5.27. The first-order valence-electron chi connectivity index (χ1n) is 13.6. The number of aryl methyl sites for hydroxylation is 1. The minimum atomic E-state index is -0.595. The van der Waals surface area contributed by atoms with Crippen molar-refractivity contribution in [3.63, 3.8) is 0 Å². The third kappa shape index (κ3) is 6.12. The molecule has 1 N–H and O–H groups in total. The van der Waals surface area contributed by atoms with Crippen LogP contribution in [-0.4, -0.2) is 30.1 Å². The molecule has 1 aliphatic rings. The molecule has 41 heavy (non-hydrogen) atoms. The fraction of sp³-hybridized carbons (Fsp3) is 0.290. The number of nitrogens with one attached hydrogen (secondary N) is 1. The number of unbranched alkanes of at least 4 members (excludes halogenated alkanes) is 1. The van der Waals surface area contributed by atoms with Crippen molar-refractivity contribution in [2.24, 2.45) is 0 Å². The van der Waals surface area contributed by atoms with E-state index in [2.05, 4.69) is 30.9 Å². The predicted octanol–water partition coefficient (Wildman–Crippen LogP) is 2.27. The van der Waals surface area contributed by atoms with Crippen LogP contribution in [0.5, 0.6) is 5.75 Å². The van der Waals surface area contributed by atoms with Gasteiger partial charge in [0.05, 0.1) is 12.2 Å². The Hall–Kier alpha value is -3.02. The van der Waals surface area contributed by atoms with Gasteiger partial charge in [-0.05, 0) is 55.2 Å². The summed E-state index contributed by atoms with van der Waals surface area (Å²) in [5, 5.41) is 8.61. The molecule has 0 amide bonds. The van der Waals surface area contributed by atoms with Gasteiger partial charge in [-0.25, -0.2) is 9.59 Å². The molecule has 0 radical (unpaired) electrons. The molecule has 206 valence electrons. The van der Waals surface area contributed by atoms with Crippen LogP contribution < -0.4 is 67.6 Å². The Balaban J connectivity index is 0.00000202. The first kappa shape index (κ1) is 29.5. The topological polar surface area (TPSA) is 108 Å². The number of rotatable bonds is 8. The number of fused-ring (bicyclic) bond motifs is 1. The van der Waals surface area contributed by atoms with E-state index in [0.29, 0.717) is 12.4 Å². The smallest absolute Gasteiger partial charge is 1.00 e. The Bertz CT molecular complexity index is 1800. The molecule has 9 nitrogen and oxygen atoms in total. The number of hydrogen-bond acceptors (Lipinski definition) is 6. The molecular formula is C31H32KN5O4. The Morgan fingerprint density at radius 3 is 2.49 bits per heavy atom. The van der Waals surface area contributed by atoms with Crippen LogP contribution in [0.25, 0.3) is 28.2 Å². The maximum atomic E-state index is 13.7. The van der Waals surface area contributed by atoms with Crippen molar-refractivity contribution in [1.82, 2.24) is 24.5 Å². The first-order chi connectivity index (χ1) is 19.3. The molecule has 3 heterocycles. The van der Waals surface area contributed by atoms with E-state index in [1.807, 2.05) is 66.7 Å². The van der Waals surface area contributed by atoms with Crippen molar-refractivity contribution < 1.29 is 62.1 Å². The third-order valence-corrected chi connectivity index (χ3v) is 7.21. The summed E-state index contributed by atoms with van der Waals surface area (Å²) in [7, 11) is 0. The number of aromatic nitrogens is 5. The summed E-state index contributed by atoms with van der Waals surface area (Å²) in [6.07, 6.45) is 3.47. The van der Waals surface area contributed by atoms with Crippen LogP contribution in [0.2, 0.25) is 0 Å². The molecule has 0 saturated heterocycles. The van der Waals surface area contributed by atoms with Crippen molar-refractivity contribution in [2.75, 3.05) is 0 Å². The number of nitrogens with zero attached hydrogens (tertiary/aromatic N) is 4. The number of ether oxygens (including phenoxy) is 1. The van der Waals surface area contributed by atoms with Gasteiger partial charge in [0.15, 0.2) is 5.82 Å². The van der Waals surface area contributed by atoms with Gasteiger partial charge in [-0.3, -0.25) is 14.1 Å². The zero-order chi connectivity index (χ0) is 27.9. The Morgan fingerprint density at radius 1 is 1.02 bits per heavy atom. The van der Waals surface area contributed by atoms with Crippen molar-refractivity contribution >= 4 is 0 Å². The second-order valence-corrected chi connectivity index (χ2v) is 10.8. The van der Waals surface area contributed by atoms with E-state index in [1.54, 1.807) is 4.57 Å². The van der Waals surface area contributed by atoms with Gasteiger partial charge in [-0.1, -0.05) is 67.0 Å². The maximum absolute atomic E-state index is 13.7.